The summed E-state index contributed by atoms with van der Waals surface area (Å²) in [6.45, 7) is 0.534. The van der Waals surface area contributed by atoms with Crippen molar-refractivity contribution in [1.29, 1.82) is 0 Å². The van der Waals surface area contributed by atoms with Crippen LogP contribution in [0.4, 0.5) is 0 Å². The van der Waals surface area contributed by atoms with Gasteiger partial charge in [0.1, 0.15) is 4.32 Å². The van der Waals surface area contributed by atoms with Gasteiger partial charge in [0.25, 0.3) is 5.91 Å². The summed E-state index contributed by atoms with van der Waals surface area (Å²) >= 11 is 6.75. The zero-order chi connectivity index (χ0) is 18.5. The molecule has 0 spiro atoms. The van der Waals surface area contributed by atoms with E-state index in [0.717, 1.165) is 11.1 Å². The lowest BCUT2D eigenvalue weighted by Gasteiger charge is -2.15. The van der Waals surface area contributed by atoms with Crippen molar-refractivity contribution in [2.24, 2.45) is 0 Å². The average molecular weight is 386 g/mol. The van der Waals surface area contributed by atoms with E-state index >= 15 is 0 Å². The van der Waals surface area contributed by atoms with Crippen LogP contribution in [0, 0.1) is 0 Å². The summed E-state index contributed by atoms with van der Waals surface area (Å²) in [5.74, 6) is 1.33. The smallest absolute Gasteiger partial charge is 0.266 e. The van der Waals surface area contributed by atoms with E-state index in [-0.39, 0.29) is 5.91 Å². The summed E-state index contributed by atoms with van der Waals surface area (Å²) < 4.78 is 11.2. The normalized spacial score (nSPS) is 15.6. The molecule has 3 rings (SSSR count). The quantitative estimate of drug-likeness (QED) is 0.552. The number of thioether (sulfide) groups is 1. The maximum absolute atomic E-state index is 12.7. The lowest BCUT2D eigenvalue weighted by atomic mass is 10.1. The maximum atomic E-state index is 12.7. The van der Waals surface area contributed by atoms with Crippen molar-refractivity contribution in [2.45, 2.75) is 6.42 Å². The molecule has 1 heterocycles. The van der Waals surface area contributed by atoms with Crippen LogP contribution in [0.25, 0.3) is 6.08 Å². The number of rotatable bonds is 6. The number of carbonyl (C=O) groups is 1. The molecule has 1 fully saturated rings. The minimum atomic E-state index is -0.0377. The Morgan fingerprint density at radius 3 is 2.50 bits per heavy atom. The molecule has 6 heteroatoms. The Kier molecular flexibility index (Phi) is 5.96. The van der Waals surface area contributed by atoms with Crippen LogP contribution in [0.2, 0.25) is 0 Å². The standard InChI is InChI=1S/C20H19NO3S2/c1-23-16-9-8-15(12-17(16)24-2)10-11-21-19(22)18(26-20(21)25)13-14-6-4-3-5-7-14/h3-9,12-13H,10-11H2,1-2H3. The van der Waals surface area contributed by atoms with E-state index in [1.165, 1.54) is 11.8 Å². The zero-order valence-electron chi connectivity index (χ0n) is 14.6. The highest BCUT2D eigenvalue weighted by Crippen LogP contribution is 2.33. The van der Waals surface area contributed by atoms with Crippen molar-refractivity contribution in [1.82, 2.24) is 4.90 Å². The first-order chi connectivity index (χ1) is 12.6. The monoisotopic (exact) mass is 385 g/mol. The number of ether oxygens (including phenoxy) is 2. The molecule has 0 unspecified atom stereocenters. The molecule has 0 bridgehead atoms. The molecule has 134 valence electrons. The highest BCUT2D eigenvalue weighted by atomic mass is 32.2. The largest absolute Gasteiger partial charge is 0.493 e. The maximum Gasteiger partial charge on any atom is 0.266 e. The van der Waals surface area contributed by atoms with Gasteiger partial charge in [-0.1, -0.05) is 60.4 Å². The van der Waals surface area contributed by atoms with Crippen LogP contribution in [-0.4, -0.2) is 35.9 Å². The third kappa shape index (κ3) is 4.08. The van der Waals surface area contributed by atoms with E-state index < -0.39 is 0 Å². The van der Waals surface area contributed by atoms with Crippen LogP contribution in [0.15, 0.2) is 53.4 Å². The van der Waals surface area contributed by atoms with Gasteiger partial charge in [0.05, 0.1) is 19.1 Å². The Labute approximate surface area is 162 Å². The molecular formula is C20H19NO3S2. The Bertz CT molecular complexity index is 849. The van der Waals surface area contributed by atoms with Crippen LogP contribution in [0.5, 0.6) is 11.5 Å². The van der Waals surface area contributed by atoms with Crippen molar-refractivity contribution in [2.75, 3.05) is 20.8 Å². The molecule has 2 aromatic carbocycles. The molecule has 0 aromatic heterocycles. The first kappa shape index (κ1) is 18.5. The van der Waals surface area contributed by atoms with E-state index in [1.807, 2.05) is 54.6 Å². The molecule has 4 nitrogen and oxygen atoms in total. The second-order valence-electron chi connectivity index (χ2n) is 5.68. The second-order valence-corrected chi connectivity index (χ2v) is 7.36. The lowest BCUT2D eigenvalue weighted by Crippen LogP contribution is -2.30. The number of hydrogen-bond donors (Lipinski definition) is 0. The highest BCUT2D eigenvalue weighted by Gasteiger charge is 2.31. The van der Waals surface area contributed by atoms with Gasteiger partial charge in [-0.3, -0.25) is 9.69 Å². The van der Waals surface area contributed by atoms with Crippen LogP contribution in [0.3, 0.4) is 0 Å². The van der Waals surface area contributed by atoms with Gasteiger partial charge < -0.3 is 9.47 Å². The van der Waals surface area contributed by atoms with Crippen LogP contribution < -0.4 is 9.47 Å². The Balaban J connectivity index is 1.70. The van der Waals surface area contributed by atoms with E-state index in [4.69, 9.17) is 21.7 Å². The van der Waals surface area contributed by atoms with Gasteiger partial charge in [-0.25, -0.2) is 0 Å². The van der Waals surface area contributed by atoms with E-state index in [0.29, 0.717) is 33.7 Å². The molecule has 26 heavy (non-hydrogen) atoms. The SMILES string of the molecule is COc1ccc(CCN2C(=O)C(=Cc3ccccc3)SC2=S)cc1OC. The van der Waals surface area contributed by atoms with Gasteiger partial charge in [0.15, 0.2) is 11.5 Å². The molecule has 2 aromatic rings. The third-order valence-electron chi connectivity index (χ3n) is 4.04. The molecule has 0 saturated carbocycles. The van der Waals surface area contributed by atoms with Gasteiger partial charge in [0.2, 0.25) is 0 Å². The number of benzene rings is 2. The number of methoxy groups -OCH3 is 2. The van der Waals surface area contributed by atoms with Crippen LogP contribution in [0.1, 0.15) is 11.1 Å². The van der Waals surface area contributed by atoms with Crippen molar-refractivity contribution in [3.63, 3.8) is 0 Å². The van der Waals surface area contributed by atoms with Gasteiger partial charge >= 0.3 is 0 Å². The second kappa shape index (κ2) is 8.38. The highest BCUT2D eigenvalue weighted by molar-refractivity contribution is 8.26. The van der Waals surface area contributed by atoms with Gasteiger partial charge in [0, 0.05) is 6.54 Å². The number of nitrogens with zero attached hydrogens (tertiary/aromatic N) is 1. The molecule has 1 saturated heterocycles. The minimum absolute atomic E-state index is 0.0377. The molecule has 1 amide bonds. The molecule has 0 atom stereocenters. The van der Waals surface area contributed by atoms with Gasteiger partial charge in [-0.15, -0.1) is 0 Å². The van der Waals surface area contributed by atoms with Crippen molar-refractivity contribution >= 4 is 40.3 Å². The summed E-state index contributed by atoms with van der Waals surface area (Å²) in [5.41, 5.74) is 2.05. The molecule has 1 aliphatic heterocycles. The molecule has 0 N–H and O–H groups in total. The molecule has 0 radical (unpaired) electrons. The van der Waals surface area contributed by atoms with Gasteiger partial charge in [-0.05, 0) is 35.8 Å². The van der Waals surface area contributed by atoms with E-state index in [1.54, 1.807) is 19.1 Å². The molecule has 1 aliphatic rings. The first-order valence-electron chi connectivity index (χ1n) is 8.13. The Morgan fingerprint density at radius 1 is 1.08 bits per heavy atom. The summed E-state index contributed by atoms with van der Waals surface area (Å²) in [5, 5.41) is 0. The fraction of sp³-hybridized carbons (Fsp3) is 0.200. The predicted molar refractivity (Wildman–Crippen MR) is 110 cm³/mol. The predicted octanol–water partition coefficient (Wildman–Crippen LogP) is 4.15. The summed E-state index contributed by atoms with van der Waals surface area (Å²) in [6.07, 6.45) is 2.57. The summed E-state index contributed by atoms with van der Waals surface area (Å²) in [4.78, 5) is 15.0. The van der Waals surface area contributed by atoms with Crippen molar-refractivity contribution < 1.29 is 14.3 Å². The fourth-order valence-electron chi connectivity index (χ4n) is 2.67. The minimum Gasteiger partial charge on any atom is -0.493 e. The number of carbonyl (C=O) groups excluding carboxylic acids is 1. The number of amides is 1. The fourth-order valence-corrected chi connectivity index (χ4v) is 3.98. The van der Waals surface area contributed by atoms with Crippen LogP contribution in [-0.2, 0) is 11.2 Å². The molecular weight excluding hydrogens is 366 g/mol. The number of hydrogen-bond acceptors (Lipinski definition) is 5. The number of thiocarbonyl (C=S) groups is 1. The van der Waals surface area contributed by atoms with E-state index in [9.17, 15) is 4.79 Å². The van der Waals surface area contributed by atoms with Gasteiger partial charge in [-0.2, -0.15) is 0 Å². The third-order valence-corrected chi connectivity index (χ3v) is 5.42. The zero-order valence-corrected chi connectivity index (χ0v) is 16.2. The topological polar surface area (TPSA) is 38.8 Å². The molecule has 0 aliphatic carbocycles. The van der Waals surface area contributed by atoms with Crippen molar-refractivity contribution in [3.8, 4) is 11.5 Å². The first-order valence-corrected chi connectivity index (χ1v) is 9.36. The Morgan fingerprint density at radius 2 is 1.81 bits per heavy atom. The van der Waals surface area contributed by atoms with Crippen molar-refractivity contribution in [3.05, 3.63) is 64.6 Å². The van der Waals surface area contributed by atoms with E-state index in [2.05, 4.69) is 0 Å². The lowest BCUT2D eigenvalue weighted by molar-refractivity contribution is -0.122. The summed E-state index contributed by atoms with van der Waals surface area (Å²) in [6, 6.07) is 15.5. The van der Waals surface area contributed by atoms with Crippen LogP contribution >= 0.6 is 24.0 Å². The summed E-state index contributed by atoms with van der Waals surface area (Å²) in [7, 11) is 3.22. The average Bonchev–Trinajstić information content (AvgIpc) is 2.93. The Hall–Kier alpha value is -2.31.